The molecule has 1 unspecified atom stereocenters. The summed E-state index contributed by atoms with van der Waals surface area (Å²) in [4.78, 5) is 4.71. The molecule has 0 radical (unpaired) electrons. The molecule has 0 aromatic heterocycles. The minimum absolute atomic E-state index is 0.652. The Labute approximate surface area is 97.8 Å². The highest BCUT2D eigenvalue weighted by molar-refractivity contribution is 5.71. The molecule has 3 heteroatoms. The lowest BCUT2D eigenvalue weighted by molar-refractivity contribution is 0.315. The first-order valence-corrected chi connectivity index (χ1v) is 5.86. The van der Waals surface area contributed by atoms with Gasteiger partial charge in [0.2, 0.25) is 0 Å². The van der Waals surface area contributed by atoms with E-state index >= 15 is 0 Å². The molecule has 1 fully saturated rings. The SMILES string of the molecule is Cc1cccc(N)c1N1CCC(N(C)C)C1. The van der Waals surface area contributed by atoms with Crippen LogP contribution in [0.3, 0.4) is 0 Å². The van der Waals surface area contributed by atoms with Crippen molar-refractivity contribution in [2.24, 2.45) is 0 Å². The van der Waals surface area contributed by atoms with Crippen LogP contribution in [0, 0.1) is 6.92 Å². The minimum atomic E-state index is 0.652. The van der Waals surface area contributed by atoms with Crippen molar-refractivity contribution in [2.75, 3.05) is 37.8 Å². The van der Waals surface area contributed by atoms with Crippen LogP contribution >= 0.6 is 0 Å². The van der Waals surface area contributed by atoms with Crippen LogP contribution in [0.4, 0.5) is 11.4 Å². The van der Waals surface area contributed by atoms with Crippen LogP contribution < -0.4 is 10.6 Å². The van der Waals surface area contributed by atoms with Crippen LogP contribution in [0.5, 0.6) is 0 Å². The fourth-order valence-corrected chi connectivity index (χ4v) is 2.48. The van der Waals surface area contributed by atoms with Crippen LogP contribution in [0.2, 0.25) is 0 Å². The van der Waals surface area contributed by atoms with Gasteiger partial charge in [-0.05, 0) is 39.1 Å². The molecule has 1 aliphatic heterocycles. The summed E-state index contributed by atoms with van der Waals surface area (Å²) in [6, 6.07) is 6.80. The molecule has 2 N–H and O–H groups in total. The second-order valence-electron chi connectivity index (χ2n) is 4.86. The highest BCUT2D eigenvalue weighted by Crippen LogP contribution is 2.30. The Bertz CT molecular complexity index is 353. The number of hydrogen-bond acceptors (Lipinski definition) is 3. The van der Waals surface area contributed by atoms with Crippen molar-refractivity contribution >= 4 is 11.4 Å². The number of nitrogens with zero attached hydrogens (tertiary/aromatic N) is 2. The van der Waals surface area contributed by atoms with E-state index in [0.29, 0.717) is 6.04 Å². The average Bonchev–Trinajstić information content (AvgIpc) is 2.66. The fraction of sp³-hybridized carbons (Fsp3) is 0.538. The molecule has 1 aliphatic rings. The molecule has 1 heterocycles. The topological polar surface area (TPSA) is 32.5 Å². The molecule has 1 aromatic carbocycles. The van der Waals surface area contributed by atoms with Gasteiger partial charge in [-0.1, -0.05) is 12.1 Å². The lowest BCUT2D eigenvalue weighted by atomic mass is 10.1. The molecule has 2 rings (SSSR count). The van der Waals surface area contributed by atoms with Crippen LogP contribution in [0.15, 0.2) is 18.2 Å². The monoisotopic (exact) mass is 219 g/mol. The van der Waals surface area contributed by atoms with Crippen LogP contribution in [-0.2, 0) is 0 Å². The number of benzene rings is 1. The lowest BCUT2D eigenvalue weighted by Gasteiger charge is -2.24. The molecule has 16 heavy (non-hydrogen) atoms. The lowest BCUT2D eigenvalue weighted by Crippen LogP contribution is -2.31. The van der Waals surface area contributed by atoms with E-state index in [2.05, 4.69) is 36.9 Å². The molecular formula is C13H21N3. The Morgan fingerprint density at radius 3 is 2.69 bits per heavy atom. The van der Waals surface area contributed by atoms with Crippen molar-refractivity contribution in [3.05, 3.63) is 23.8 Å². The average molecular weight is 219 g/mol. The quantitative estimate of drug-likeness (QED) is 0.769. The summed E-state index contributed by atoms with van der Waals surface area (Å²) in [6.07, 6.45) is 1.22. The maximum atomic E-state index is 6.07. The number of nitrogen functional groups attached to an aromatic ring is 1. The van der Waals surface area contributed by atoms with Gasteiger partial charge in [-0.15, -0.1) is 0 Å². The Kier molecular flexibility index (Phi) is 3.06. The van der Waals surface area contributed by atoms with Crippen molar-refractivity contribution < 1.29 is 0 Å². The second kappa shape index (κ2) is 4.34. The van der Waals surface area contributed by atoms with Gasteiger partial charge in [-0.25, -0.2) is 0 Å². The van der Waals surface area contributed by atoms with Crippen molar-refractivity contribution in [3.63, 3.8) is 0 Å². The molecule has 1 atom stereocenters. The summed E-state index contributed by atoms with van der Waals surface area (Å²) in [5, 5.41) is 0. The molecule has 88 valence electrons. The molecule has 0 amide bonds. The summed E-state index contributed by atoms with van der Waals surface area (Å²) >= 11 is 0. The molecule has 1 saturated heterocycles. The summed E-state index contributed by atoms with van der Waals surface area (Å²) in [7, 11) is 4.30. The van der Waals surface area contributed by atoms with Crippen LogP contribution in [0.25, 0.3) is 0 Å². The van der Waals surface area contributed by atoms with E-state index < -0.39 is 0 Å². The van der Waals surface area contributed by atoms with Gasteiger partial charge in [0.05, 0.1) is 11.4 Å². The van der Waals surface area contributed by atoms with Gasteiger partial charge in [0.25, 0.3) is 0 Å². The predicted octanol–water partition coefficient (Wildman–Crippen LogP) is 1.72. The fourth-order valence-electron chi connectivity index (χ4n) is 2.48. The first-order chi connectivity index (χ1) is 7.59. The highest BCUT2D eigenvalue weighted by atomic mass is 15.2. The van der Waals surface area contributed by atoms with Gasteiger partial charge in [0.1, 0.15) is 0 Å². The molecule has 0 aliphatic carbocycles. The van der Waals surface area contributed by atoms with Gasteiger partial charge in [-0.3, -0.25) is 0 Å². The van der Waals surface area contributed by atoms with E-state index in [1.807, 2.05) is 12.1 Å². The molecule has 0 spiro atoms. The zero-order valence-electron chi connectivity index (χ0n) is 10.4. The van der Waals surface area contributed by atoms with E-state index in [-0.39, 0.29) is 0 Å². The summed E-state index contributed by atoms with van der Waals surface area (Å²) < 4.78 is 0. The number of para-hydroxylation sites is 1. The third kappa shape index (κ3) is 2.00. The molecule has 3 nitrogen and oxygen atoms in total. The standard InChI is InChI=1S/C13H21N3/c1-10-5-4-6-12(14)13(10)16-8-7-11(9-16)15(2)3/h4-6,11H,7-9,14H2,1-3H3. The third-order valence-electron chi connectivity index (χ3n) is 3.48. The number of rotatable bonds is 2. The van der Waals surface area contributed by atoms with Gasteiger partial charge >= 0.3 is 0 Å². The minimum Gasteiger partial charge on any atom is -0.397 e. The van der Waals surface area contributed by atoms with Crippen molar-refractivity contribution in [1.29, 1.82) is 0 Å². The molecule has 0 bridgehead atoms. The van der Waals surface area contributed by atoms with E-state index in [9.17, 15) is 0 Å². The van der Waals surface area contributed by atoms with Gasteiger partial charge in [0, 0.05) is 19.1 Å². The Morgan fingerprint density at radius 1 is 1.38 bits per heavy atom. The number of aryl methyl sites for hydroxylation is 1. The van der Waals surface area contributed by atoms with E-state index in [1.165, 1.54) is 17.7 Å². The largest absolute Gasteiger partial charge is 0.397 e. The Hall–Kier alpha value is -1.22. The summed E-state index contributed by atoms with van der Waals surface area (Å²) in [6.45, 7) is 4.33. The zero-order chi connectivity index (χ0) is 11.7. The van der Waals surface area contributed by atoms with Gasteiger partial charge in [0.15, 0.2) is 0 Å². The zero-order valence-corrected chi connectivity index (χ0v) is 10.4. The molecule has 1 aromatic rings. The maximum Gasteiger partial charge on any atom is 0.0630 e. The molecular weight excluding hydrogens is 198 g/mol. The predicted molar refractivity (Wildman–Crippen MR) is 69.9 cm³/mol. The van der Waals surface area contributed by atoms with Crippen molar-refractivity contribution in [1.82, 2.24) is 4.90 Å². The Morgan fingerprint density at radius 2 is 2.12 bits per heavy atom. The van der Waals surface area contributed by atoms with Gasteiger partial charge < -0.3 is 15.5 Å². The number of anilines is 2. The van der Waals surface area contributed by atoms with E-state index in [4.69, 9.17) is 5.73 Å². The third-order valence-corrected chi connectivity index (χ3v) is 3.48. The first kappa shape index (κ1) is 11.3. The summed E-state index contributed by atoms with van der Waals surface area (Å²) in [5.74, 6) is 0. The number of likely N-dealkylation sites (N-methyl/N-ethyl adjacent to an activating group) is 1. The first-order valence-electron chi connectivity index (χ1n) is 5.86. The van der Waals surface area contributed by atoms with Gasteiger partial charge in [-0.2, -0.15) is 0 Å². The highest BCUT2D eigenvalue weighted by Gasteiger charge is 2.25. The van der Waals surface area contributed by atoms with E-state index in [1.54, 1.807) is 0 Å². The maximum absolute atomic E-state index is 6.07. The van der Waals surface area contributed by atoms with E-state index in [0.717, 1.165) is 18.8 Å². The smallest absolute Gasteiger partial charge is 0.0630 e. The van der Waals surface area contributed by atoms with Crippen molar-refractivity contribution in [3.8, 4) is 0 Å². The number of nitrogens with two attached hydrogens (primary N) is 1. The normalized spacial score (nSPS) is 20.8. The van der Waals surface area contributed by atoms with Crippen LogP contribution in [0.1, 0.15) is 12.0 Å². The van der Waals surface area contributed by atoms with Crippen molar-refractivity contribution in [2.45, 2.75) is 19.4 Å². The second-order valence-corrected chi connectivity index (χ2v) is 4.86. The number of hydrogen-bond donors (Lipinski definition) is 1. The summed E-state index contributed by atoms with van der Waals surface area (Å²) in [5.41, 5.74) is 9.48. The Balaban J connectivity index is 2.20. The van der Waals surface area contributed by atoms with Crippen LogP contribution in [-0.4, -0.2) is 38.1 Å². The molecule has 0 saturated carbocycles.